The van der Waals surface area contributed by atoms with Gasteiger partial charge in [0.15, 0.2) is 0 Å². The summed E-state index contributed by atoms with van der Waals surface area (Å²) in [4.78, 5) is 41.1. The zero-order chi connectivity index (χ0) is 22.8. The lowest BCUT2D eigenvalue weighted by Gasteiger charge is -2.34. The average Bonchev–Trinajstić information content (AvgIpc) is 3.50. The van der Waals surface area contributed by atoms with Crippen LogP contribution in [0.5, 0.6) is 0 Å². The molecule has 170 valence electrons. The minimum atomic E-state index is -0.237. The molecular weight excluding hydrogens is 456 g/mol. The Bertz CT molecular complexity index is 1320. The molecule has 1 aliphatic heterocycles. The molecule has 0 spiro atoms. The second kappa shape index (κ2) is 9.42. The molecule has 10 heteroatoms. The van der Waals surface area contributed by atoms with Crippen LogP contribution in [0.2, 0.25) is 0 Å². The second-order valence-corrected chi connectivity index (χ2v) is 9.84. The molecule has 0 radical (unpaired) electrons. The summed E-state index contributed by atoms with van der Waals surface area (Å²) in [7, 11) is 2.12. The van der Waals surface area contributed by atoms with E-state index in [-0.39, 0.29) is 18.0 Å². The summed E-state index contributed by atoms with van der Waals surface area (Å²) in [6.07, 6.45) is 3.24. The predicted octanol–water partition coefficient (Wildman–Crippen LogP) is 2.65. The van der Waals surface area contributed by atoms with Crippen molar-refractivity contribution in [3.8, 4) is 10.4 Å². The fraction of sp³-hybridized carbons (Fsp3) is 0.304. The highest BCUT2D eigenvalue weighted by molar-refractivity contribution is 7.18. The van der Waals surface area contributed by atoms with Crippen LogP contribution in [0.25, 0.3) is 20.7 Å². The first-order valence-electron chi connectivity index (χ1n) is 10.7. The molecule has 1 N–H and O–H groups in total. The number of nitrogens with zero attached hydrogens (tertiary/aromatic N) is 5. The SMILES string of the molecule is CN1CCN(c2ncccc2CNC(=O)Cn2cnc3scc(-c4cccs4)c3c2=O)CC1. The fourth-order valence-corrected chi connectivity index (χ4v) is 5.69. The molecule has 0 saturated carbocycles. The summed E-state index contributed by atoms with van der Waals surface area (Å²) in [5.41, 5.74) is 1.65. The molecule has 0 aliphatic carbocycles. The van der Waals surface area contributed by atoms with Gasteiger partial charge in [0.1, 0.15) is 17.2 Å². The number of carbonyl (C=O) groups excluding carboxylic acids is 1. The number of anilines is 1. The van der Waals surface area contributed by atoms with Crippen LogP contribution in [-0.2, 0) is 17.9 Å². The van der Waals surface area contributed by atoms with E-state index in [4.69, 9.17) is 0 Å². The number of fused-ring (bicyclic) bond motifs is 1. The second-order valence-electron chi connectivity index (χ2n) is 8.04. The minimum absolute atomic E-state index is 0.0778. The Morgan fingerprint density at radius 1 is 1.12 bits per heavy atom. The zero-order valence-electron chi connectivity index (χ0n) is 18.2. The number of piperazine rings is 1. The zero-order valence-corrected chi connectivity index (χ0v) is 19.9. The highest BCUT2D eigenvalue weighted by Crippen LogP contribution is 2.33. The number of amides is 1. The van der Waals surface area contributed by atoms with Gasteiger partial charge < -0.3 is 15.1 Å². The van der Waals surface area contributed by atoms with Crippen LogP contribution in [0.1, 0.15) is 5.56 Å². The Morgan fingerprint density at radius 3 is 2.76 bits per heavy atom. The van der Waals surface area contributed by atoms with Crippen LogP contribution in [0, 0.1) is 0 Å². The Balaban J connectivity index is 1.30. The van der Waals surface area contributed by atoms with E-state index in [0.29, 0.717) is 16.8 Å². The van der Waals surface area contributed by atoms with Gasteiger partial charge in [-0.05, 0) is 24.6 Å². The van der Waals surface area contributed by atoms with Crippen LogP contribution in [0.15, 0.2) is 52.3 Å². The lowest BCUT2D eigenvalue weighted by Crippen LogP contribution is -2.45. The van der Waals surface area contributed by atoms with E-state index in [9.17, 15) is 9.59 Å². The number of pyridine rings is 1. The quantitative estimate of drug-likeness (QED) is 0.457. The molecule has 5 heterocycles. The number of nitrogens with one attached hydrogen (secondary N) is 1. The number of thiophene rings is 2. The first-order valence-corrected chi connectivity index (χ1v) is 12.5. The largest absolute Gasteiger partial charge is 0.354 e. The van der Waals surface area contributed by atoms with Gasteiger partial charge >= 0.3 is 0 Å². The maximum atomic E-state index is 13.1. The third kappa shape index (κ3) is 4.54. The van der Waals surface area contributed by atoms with Gasteiger partial charge in [0.2, 0.25) is 5.91 Å². The van der Waals surface area contributed by atoms with Crippen LogP contribution in [0.4, 0.5) is 5.82 Å². The van der Waals surface area contributed by atoms with Crippen molar-refractivity contribution in [2.45, 2.75) is 13.1 Å². The van der Waals surface area contributed by atoms with Crippen molar-refractivity contribution in [2.75, 3.05) is 38.1 Å². The van der Waals surface area contributed by atoms with E-state index in [0.717, 1.165) is 48.0 Å². The maximum absolute atomic E-state index is 13.1. The van der Waals surface area contributed by atoms with Gasteiger partial charge in [-0.25, -0.2) is 9.97 Å². The van der Waals surface area contributed by atoms with Crippen LogP contribution in [0.3, 0.4) is 0 Å². The Kier molecular flexibility index (Phi) is 6.21. The van der Waals surface area contributed by atoms with Gasteiger partial charge in [0.25, 0.3) is 5.56 Å². The highest BCUT2D eigenvalue weighted by atomic mass is 32.1. The maximum Gasteiger partial charge on any atom is 0.263 e. The number of aromatic nitrogens is 3. The van der Waals surface area contributed by atoms with Gasteiger partial charge in [-0.15, -0.1) is 22.7 Å². The molecule has 33 heavy (non-hydrogen) atoms. The van der Waals surface area contributed by atoms with Crippen molar-refractivity contribution in [1.29, 1.82) is 0 Å². The number of rotatable bonds is 6. The summed E-state index contributed by atoms with van der Waals surface area (Å²) >= 11 is 3.03. The molecule has 1 amide bonds. The molecule has 8 nitrogen and oxygen atoms in total. The Morgan fingerprint density at radius 2 is 1.97 bits per heavy atom. The predicted molar refractivity (Wildman–Crippen MR) is 133 cm³/mol. The number of hydrogen-bond donors (Lipinski definition) is 1. The van der Waals surface area contributed by atoms with Crippen molar-refractivity contribution in [1.82, 2.24) is 24.8 Å². The summed E-state index contributed by atoms with van der Waals surface area (Å²) in [6.45, 7) is 4.06. The van der Waals surface area contributed by atoms with Crippen molar-refractivity contribution in [3.63, 3.8) is 0 Å². The lowest BCUT2D eigenvalue weighted by atomic mass is 10.2. The van der Waals surface area contributed by atoms with Crippen molar-refractivity contribution >= 4 is 44.6 Å². The summed E-state index contributed by atoms with van der Waals surface area (Å²) in [6, 6.07) is 7.81. The van der Waals surface area contributed by atoms with Gasteiger partial charge in [-0.2, -0.15) is 0 Å². The third-order valence-corrected chi connectivity index (χ3v) is 7.60. The monoisotopic (exact) mass is 480 g/mol. The molecule has 0 unspecified atom stereocenters. The molecule has 1 fully saturated rings. The van der Waals surface area contributed by atoms with Crippen LogP contribution in [-0.4, -0.2) is 58.6 Å². The smallest absolute Gasteiger partial charge is 0.263 e. The molecule has 0 bridgehead atoms. The molecule has 5 rings (SSSR count). The molecule has 4 aromatic heterocycles. The fourth-order valence-electron chi connectivity index (χ4n) is 3.97. The minimum Gasteiger partial charge on any atom is -0.354 e. The molecule has 1 aliphatic rings. The van der Waals surface area contributed by atoms with Crippen LogP contribution >= 0.6 is 22.7 Å². The van der Waals surface area contributed by atoms with Gasteiger partial charge in [0, 0.05) is 60.3 Å². The lowest BCUT2D eigenvalue weighted by molar-refractivity contribution is -0.121. The summed E-state index contributed by atoms with van der Waals surface area (Å²) in [5, 5.41) is 7.46. The third-order valence-electron chi connectivity index (χ3n) is 5.81. The number of likely N-dealkylation sites (N-methyl/N-ethyl adjacent to an activating group) is 1. The normalized spacial score (nSPS) is 14.6. The van der Waals surface area contributed by atoms with Crippen molar-refractivity contribution < 1.29 is 4.79 Å². The van der Waals surface area contributed by atoms with E-state index in [1.165, 1.54) is 22.2 Å². The molecule has 4 aromatic rings. The number of carbonyl (C=O) groups is 1. The van der Waals surface area contributed by atoms with E-state index < -0.39 is 0 Å². The van der Waals surface area contributed by atoms with E-state index in [1.807, 2.05) is 35.0 Å². The Labute approximate surface area is 199 Å². The van der Waals surface area contributed by atoms with Crippen LogP contribution < -0.4 is 15.8 Å². The molecule has 1 saturated heterocycles. The molecular formula is C23H24N6O2S2. The molecule has 0 aromatic carbocycles. The Hall–Kier alpha value is -3.08. The average molecular weight is 481 g/mol. The number of hydrogen-bond acceptors (Lipinski definition) is 8. The first-order chi connectivity index (χ1) is 16.1. The highest BCUT2D eigenvalue weighted by Gasteiger charge is 2.19. The molecule has 0 atom stereocenters. The van der Waals surface area contributed by atoms with Gasteiger partial charge in [0.05, 0.1) is 11.7 Å². The van der Waals surface area contributed by atoms with Crippen molar-refractivity contribution in [3.05, 3.63) is 63.5 Å². The summed E-state index contributed by atoms with van der Waals surface area (Å²) in [5.74, 6) is 0.671. The van der Waals surface area contributed by atoms with Gasteiger partial charge in [-0.1, -0.05) is 12.1 Å². The van der Waals surface area contributed by atoms with Crippen molar-refractivity contribution in [2.24, 2.45) is 0 Å². The standard InChI is InChI=1S/C23H24N6O2S2/c1-27-7-9-28(10-8-27)21-16(4-2-6-24-21)12-25-19(30)13-29-15-26-22-20(23(29)31)17(14-33-22)18-5-3-11-32-18/h2-6,11,14-15H,7-10,12-13H2,1H3,(H,25,30). The van der Waals surface area contributed by atoms with Gasteiger partial charge in [-0.3, -0.25) is 14.2 Å². The van der Waals surface area contributed by atoms with E-state index in [2.05, 4.69) is 32.1 Å². The topological polar surface area (TPSA) is 83.4 Å². The first kappa shape index (κ1) is 21.7. The van der Waals surface area contributed by atoms with E-state index >= 15 is 0 Å². The van der Waals surface area contributed by atoms with E-state index in [1.54, 1.807) is 17.5 Å². The summed E-state index contributed by atoms with van der Waals surface area (Å²) < 4.78 is 1.38.